The van der Waals surface area contributed by atoms with Crippen LogP contribution in [-0.2, 0) is 6.42 Å². The Morgan fingerprint density at radius 2 is 1.88 bits per heavy atom. The third-order valence-electron chi connectivity index (χ3n) is 4.42. The Balaban J connectivity index is 2.03. The number of methoxy groups -OCH3 is 1. The fourth-order valence-corrected chi connectivity index (χ4v) is 3.19. The predicted molar refractivity (Wildman–Crippen MR) is 101 cm³/mol. The summed E-state index contributed by atoms with van der Waals surface area (Å²) in [5, 5.41) is 3.43. The summed E-state index contributed by atoms with van der Waals surface area (Å²) in [4.78, 5) is 24.1. The highest BCUT2D eigenvalue weighted by Crippen LogP contribution is 2.32. The summed E-state index contributed by atoms with van der Waals surface area (Å²) in [7, 11) is 1.62. The molecule has 2 aromatic carbocycles. The predicted octanol–water partition coefficient (Wildman–Crippen LogP) is 2.94. The van der Waals surface area contributed by atoms with Gasteiger partial charge in [-0.25, -0.2) is 0 Å². The molecule has 5 heteroatoms. The fraction of sp³-hybridized carbons (Fsp3) is 0.238. The first-order valence-corrected chi connectivity index (χ1v) is 8.40. The lowest BCUT2D eigenvalue weighted by atomic mass is 9.85. The SMILES string of the molecule is COc1ccc2c(c1)C(=CC(=O)c1cccc(C(N)=O)c1)NC(C)(C)C2. The first-order chi connectivity index (χ1) is 12.3. The summed E-state index contributed by atoms with van der Waals surface area (Å²) in [5.41, 5.74) is 8.70. The van der Waals surface area contributed by atoms with Crippen LogP contribution in [0.25, 0.3) is 5.70 Å². The minimum Gasteiger partial charge on any atom is -0.497 e. The van der Waals surface area contributed by atoms with Crippen LogP contribution in [0.2, 0.25) is 0 Å². The van der Waals surface area contributed by atoms with E-state index in [9.17, 15) is 9.59 Å². The van der Waals surface area contributed by atoms with Gasteiger partial charge in [0.2, 0.25) is 5.91 Å². The number of fused-ring (bicyclic) bond motifs is 1. The molecule has 0 saturated heterocycles. The van der Waals surface area contributed by atoms with Crippen LogP contribution in [-0.4, -0.2) is 24.3 Å². The number of benzene rings is 2. The van der Waals surface area contributed by atoms with Gasteiger partial charge in [0, 0.05) is 34.0 Å². The summed E-state index contributed by atoms with van der Waals surface area (Å²) in [6, 6.07) is 12.3. The molecule has 3 N–H and O–H groups in total. The molecule has 0 spiro atoms. The minimum absolute atomic E-state index is 0.178. The van der Waals surface area contributed by atoms with Crippen molar-refractivity contribution in [2.45, 2.75) is 25.8 Å². The monoisotopic (exact) mass is 350 g/mol. The molecule has 1 aliphatic rings. The van der Waals surface area contributed by atoms with Crippen LogP contribution in [0.5, 0.6) is 5.75 Å². The van der Waals surface area contributed by atoms with Gasteiger partial charge in [-0.05, 0) is 50.1 Å². The number of carbonyl (C=O) groups is 2. The molecule has 3 rings (SSSR count). The van der Waals surface area contributed by atoms with Crippen LogP contribution in [0, 0.1) is 0 Å². The molecule has 1 aliphatic heterocycles. The average Bonchev–Trinajstić information content (AvgIpc) is 2.60. The van der Waals surface area contributed by atoms with E-state index in [0.717, 1.165) is 29.0 Å². The van der Waals surface area contributed by atoms with Crippen LogP contribution >= 0.6 is 0 Å². The maximum absolute atomic E-state index is 12.8. The van der Waals surface area contributed by atoms with Gasteiger partial charge in [-0.3, -0.25) is 9.59 Å². The lowest BCUT2D eigenvalue weighted by molar-refractivity contribution is 0.1000. The zero-order chi connectivity index (χ0) is 18.9. The molecule has 5 nitrogen and oxygen atoms in total. The first kappa shape index (κ1) is 17.7. The molecule has 0 radical (unpaired) electrons. The molecule has 134 valence electrons. The standard InChI is InChI=1S/C21H22N2O3/c1-21(2)12-15-7-8-16(26-3)10-17(15)18(23-21)11-19(24)13-5-4-6-14(9-13)20(22)25/h4-11,23H,12H2,1-3H3,(H2,22,25). The van der Waals surface area contributed by atoms with E-state index in [4.69, 9.17) is 10.5 Å². The van der Waals surface area contributed by atoms with E-state index in [-0.39, 0.29) is 11.3 Å². The van der Waals surface area contributed by atoms with Gasteiger partial charge in [0.1, 0.15) is 5.75 Å². The number of nitrogens with one attached hydrogen (secondary N) is 1. The van der Waals surface area contributed by atoms with Crippen LogP contribution < -0.4 is 15.8 Å². The Kier molecular flexibility index (Phi) is 4.55. The van der Waals surface area contributed by atoms with Gasteiger partial charge in [0.25, 0.3) is 0 Å². The quantitative estimate of drug-likeness (QED) is 0.656. The van der Waals surface area contributed by atoms with Gasteiger partial charge in [0.15, 0.2) is 5.78 Å². The summed E-state index contributed by atoms with van der Waals surface area (Å²) < 4.78 is 5.32. The zero-order valence-electron chi connectivity index (χ0n) is 15.1. The molecule has 0 saturated carbocycles. The van der Waals surface area contributed by atoms with Gasteiger partial charge in [-0.2, -0.15) is 0 Å². The van der Waals surface area contributed by atoms with E-state index in [1.165, 1.54) is 6.07 Å². The Labute approximate surface area is 152 Å². The van der Waals surface area contributed by atoms with E-state index < -0.39 is 5.91 Å². The number of nitrogens with two attached hydrogens (primary N) is 1. The molecule has 2 aromatic rings. The Bertz CT molecular complexity index is 913. The lowest BCUT2D eigenvalue weighted by Crippen LogP contribution is -2.43. The third-order valence-corrected chi connectivity index (χ3v) is 4.42. The molecule has 0 aromatic heterocycles. The summed E-state index contributed by atoms with van der Waals surface area (Å²) in [6.45, 7) is 4.18. The van der Waals surface area contributed by atoms with E-state index in [2.05, 4.69) is 19.2 Å². The topological polar surface area (TPSA) is 81.4 Å². The van der Waals surface area contributed by atoms with Gasteiger partial charge >= 0.3 is 0 Å². The van der Waals surface area contributed by atoms with Crippen molar-refractivity contribution in [2.24, 2.45) is 5.73 Å². The van der Waals surface area contributed by atoms with Crippen LogP contribution in [0.3, 0.4) is 0 Å². The summed E-state index contributed by atoms with van der Waals surface area (Å²) in [5.74, 6) is -0.0132. The van der Waals surface area contributed by atoms with E-state index in [1.807, 2.05) is 18.2 Å². The zero-order valence-corrected chi connectivity index (χ0v) is 15.1. The van der Waals surface area contributed by atoms with E-state index in [1.54, 1.807) is 31.4 Å². The van der Waals surface area contributed by atoms with Crippen molar-refractivity contribution in [3.05, 3.63) is 70.8 Å². The largest absolute Gasteiger partial charge is 0.497 e. The number of carbonyl (C=O) groups excluding carboxylic acids is 2. The average molecular weight is 350 g/mol. The number of ether oxygens (including phenoxy) is 1. The second kappa shape index (κ2) is 6.67. The van der Waals surface area contributed by atoms with E-state index in [0.29, 0.717) is 11.1 Å². The van der Waals surface area contributed by atoms with Gasteiger partial charge in [-0.15, -0.1) is 0 Å². The lowest BCUT2D eigenvalue weighted by Gasteiger charge is -2.35. The van der Waals surface area contributed by atoms with Gasteiger partial charge < -0.3 is 15.8 Å². The summed E-state index contributed by atoms with van der Waals surface area (Å²) in [6.07, 6.45) is 2.41. The number of hydrogen-bond acceptors (Lipinski definition) is 4. The van der Waals surface area contributed by atoms with Crippen LogP contribution in [0.15, 0.2) is 48.5 Å². The fourth-order valence-electron chi connectivity index (χ4n) is 3.19. The maximum atomic E-state index is 12.8. The normalized spacial score (nSPS) is 16.5. The second-order valence-corrected chi connectivity index (χ2v) is 7.08. The van der Waals surface area contributed by atoms with Crippen molar-refractivity contribution < 1.29 is 14.3 Å². The number of ketones is 1. The number of amides is 1. The smallest absolute Gasteiger partial charge is 0.248 e. The van der Waals surface area contributed by atoms with Crippen LogP contribution in [0.4, 0.5) is 0 Å². The van der Waals surface area contributed by atoms with Crippen LogP contribution in [0.1, 0.15) is 45.7 Å². The molecule has 0 atom stereocenters. The maximum Gasteiger partial charge on any atom is 0.248 e. The number of allylic oxidation sites excluding steroid dienone is 1. The van der Waals surface area contributed by atoms with Gasteiger partial charge in [0.05, 0.1) is 7.11 Å². The highest BCUT2D eigenvalue weighted by molar-refractivity contribution is 6.09. The molecular formula is C21H22N2O3. The summed E-state index contributed by atoms with van der Waals surface area (Å²) >= 11 is 0. The highest BCUT2D eigenvalue weighted by atomic mass is 16.5. The number of primary amides is 1. The second-order valence-electron chi connectivity index (χ2n) is 7.08. The van der Waals surface area contributed by atoms with Crippen molar-refractivity contribution >= 4 is 17.4 Å². The van der Waals surface area contributed by atoms with E-state index >= 15 is 0 Å². The van der Waals surface area contributed by atoms with Crippen molar-refractivity contribution in [1.82, 2.24) is 5.32 Å². The Hall–Kier alpha value is -3.08. The first-order valence-electron chi connectivity index (χ1n) is 8.40. The van der Waals surface area contributed by atoms with Crippen molar-refractivity contribution in [3.8, 4) is 5.75 Å². The van der Waals surface area contributed by atoms with Gasteiger partial charge in [-0.1, -0.05) is 18.2 Å². The molecule has 0 bridgehead atoms. The molecule has 1 heterocycles. The van der Waals surface area contributed by atoms with Crippen molar-refractivity contribution in [2.75, 3.05) is 7.11 Å². The van der Waals surface area contributed by atoms with Crippen molar-refractivity contribution in [1.29, 1.82) is 0 Å². The highest BCUT2D eigenvalue weighted by Gasteiger charge is 2.28. The number of rotatable bonds is 4. The molecular weight excluding hydrogens is 328 g/mol. The molecule has 26 heavy (non-hydrogen) atoms. The van der Waals surface area contributed by atoms with Crippen molar-refractivity contribution in [3.63, 3.8) is 0 Å². The third kappa shape index (κ3) is 3.61. The Morgan fingerprint density at radius 1 is 1.15 bits per heavy atom. The molecule has 1 amide bonds. The molecule has 0 unspecified atom stereocenters. The Morgan fingerprint density at radius 3 is 2.58 bits per heavy atom. The molecule has 0 fully saturated rings. The minimum atomic E-state index is -0.556. The number of hydrogen-bond donors (Lipinski definition) is 2. The molecule has 0 aliphatic carbocycles.